The third-order valence-corrected chi connectivity index (χ3v) is 4.30. The van der Waals surface area contributed by atoms with Crippen molar-refractivity contribution in [2.75, 3.05) is 12.3 Å². The van der Waals surface area contributed by atoms with Crippen molar-refractivity contribution in [3.05, 3.63) is 29.3 Å². The molecule has 0 aliphatic heterocycles. The van der Waals surface area contributed by atoms with Crippen LogP contribution in [0.25, 0.3) is 0 Å². The van der Waals surface area contributed by atoms with Crippen LogP contribution >= 0.6 is 23.4 Å². The number of rotatable bonds is 7. The van der Waals surface area contributed by atoms with E-state index in [2.05, 4.69) is 0 Å². The standard InChI is InChI=1S/C14H16ClNO3S/c15-10-1-5-12(6-2-10)20-9-13(17)16(11-3-4-11)8-7-14(18)19/h1-2,5-6,11H,3-4,7-9H2,(H,18,19). The molecule has 1 fully saturated rings. The van der Waals surface area contributed by atoms with Gasteiger partial charge in [0.25, 0.3) is 0 Å². The molecule has 108 valence electrons. The van der Waals surface area contributed by atoms with E-state index in [0.717, 1.165) is 17.7 Å². The van der Waals surface area contributed by atoms with Gasteiger partial charge in [0.2, 0.25) is 5.91 Å². The SMILES string of the molecule is O=C(O)CCN(C(=O)CSc1ccc(Cl)cc1)C1CC1. The molecule has 0 bridgehead atoms. The molecule has 0 aromatic heterocycles. The molecular weight excluding hydrogens is 298 g/mol. The first-order valence-electron chi connectivity index (χ1n) is 6.46. The lowest BCUT2D eigenvalue weighted by molar-refractivity contribution is -0.138. The molecule has 1 aromatic rings. The number of nitrogens with zero attached hydrogens (tertiary/aromatic N) is 1. The summed E-state index contributed by atoms with van der Waals surface area (Å²) < 4.78 is 0. The highest BCUT2D eigenvalue weighted by Crippen LogP contribution is 2.28. The highest BCUT2D eigenvalue weighted by atomic mass is 35.5. The second-order valence-corrected chi connectivity index (χ2v) is 6.19. The number of amides is 1. The molecule has 20 heavy (non-hydrogen) atoms. The van der Waals surface area contributed by atoms with E-state index in [1.807, 2.05) is 12.1 Å². The van der Waals surface area contributed by atoms with Gasteiger partial charge in [-0.1, -0.05) is 11.6 Å². The van der Waals surface area contributed by atoms with E-state index >= 15 is 0 Å². The third kappa shape index (κ3) is 4.72. The maximum absolute atomic E-state index is 12.2. The van der Waals surface area contributed by atoms with Gasteiger partial charge in [0, 0.05) is 22.5 Å². The predicted molar refractivity (Wildman–Crippen MR) is 79.2 cm³/mol. The van der Waals surface area contributed by atoms with E-state index in [0.29, 0.717) is 17.3 Å². The van der Waals surface area contributed by atoms with Crippen LogP contribution in [0.4, 0.5) is 0 Å². The first kappa shape index (κ1) is 15.2. The minimum Gasteiger partial charge on any atom is -0.481 e. The van der Waals surface area contributed by atoms with Gasteiger partial charge in [-0.2, -0.15) is 0 Å². The average Bonchev–Trinajstić information content (AvgIpc) is 3.22. The predicted octanol–water partition coefficient (Wildman–Crippen LogP) is 2.90. The Labute approximate surface area is 127 Å². The first-order valence-corrected chi connectivity index (χ1v) is 7.82. The van der Waals surface area contributed by atoms with E-state index < -0.39 is 5.97 Å². The Morgan fingerprint density at radius 2 is 1.95 bits per heavy atom. The van der Waals surface area contributed by atoms with Crippen LogP contribution < -0.4 is 0 Å². The Kier molecular flexibility index (Phi) is 5.31. The molecule has 1 aliphatic carbocycles. The summed E-state index contributed by atoms with van der Waals surface area (Å²) in [6.07, 6.45) is 1.97. The Morgan fingerprint density at radius 1 is 1.30 bits per heavy atom. The molecule has 1 amide bonds. The monoisotopic (exact) mass is 313 g/mol. The van der Waals surface area contributed by atoms with E-state index in [9.17, 15) is 9.59 Å². The van der Waals surface area contributed by atoms with Crippen molar-refractivity contribution in [1.29, 1.82) is 0 Å². The van der Waals surface area contributed by atoms with Crippen LogP contribution in [0.15, 0.2) is 29.2 Å². The molecule has 1 aromatic carbocycles. The summed E-state index contributed by atoms with van der Waals surface area (Å²) in [5.41, 5.74) is 0. The number of thioether (sulfide) groups is 1. The quantitative estimate of drug-likeness (QED) is 0.786. The number of carbonyl (C=O) groups is 2. The topological polar surface area (TPSA) is 57.6 Å². The normalized spacial score (nSPS) is 14.1. The largest absolute Gasteiger partial charge is 0.481 e. The lowest BCUT2D eigenvalue weighted by Crippen LogP contribution is -2.36. The van der Waals surface area contributed by atoms with Gasteiger partial charge in [-0.05, 0) is 37.1 Å². The Balaban J connectivity index is 1.85. The number of carbonyl (C=O) groups excluding carboxylic acids is 1. The number of halogens is 1. The number of benzene rings is 1. The van der Waals surface area contributed by atoms with Crippen molar-refractivity contribution in [3.8, 4) is 0 Å². The fraction of sp³-hybridized carbons (Fsp3) is 0.429. The number of hydrogen-bond acceptors (Lipinski definition) is 3. The maximum Gasteiger partial charge on any atom is 0.305 e. The Hall–Kier alpha value is -1.20. The van der Waals surface area contributed by atoms with Gasteiger partial charge in [-0.3, -0.25) is 9.59 Å². The molecule has 0 radical (unpaired) electrons. The smallest absolute Gasteiger partial charge is 0.305 e. The summed E-state index contributed by atoms with van der Waals surface area (Å²) in [5.74, 6) is -0.528. The zero-order valence-corrected chi connectivity index (χ0v) is 12.5. The van der Waals surface area contributed by atoms with Crippen LogP contribution in [0.5, 0.6) is 0 Å². The second-order valence-electron chi connectivity index (χ2n) is 4.70. The second kappa shape index (κ2) is 6.99. The summed E-state index contributed by atoms with van der Waals surface area (Å²) in [5, 5.41) is 9.39. The summed E-state index contributed by atoms with van der Waals surface area (Å²) in [6.45, 7) is 0.306. The van der Waals surface area contributed by atoms with E-state index in [1.54, 1.807) is 17.0 Å². The molecule has 0 spiro atoms. The van der Waals surface area contributed by atoms with Gasteiger partial charge < -0.3 is 10.0 Å². The fourth-order valence-electron chi connectivity index (χ4n) is 1.87. The lowest BCUT2D eigenvalue weighted by Gasteiger charge is -2.21. The van der Waals surface area contributed by atoms with Crippen molar-refractivity contribution < 1.29 is 14.7 Å². The molecular formula is C14H16ClNO3S. The van der Waals surface area contributed by atoms with Gasteiger partial charge in [0.15, 0.2) is 0 Å². The van der Waals surface area contributed by atoms with Gasteiger partial charge >= 0.3 is 5.97 Å². The minimum atomic E-state index is -0.867. The Morgan fingerprint density at radius 3 is 2.50 bits per heavy atom. The summed E-state index contributed by atoms with van der Waals surface area (Å²) >= 11 is 7.25. The molecule has 1 N–H and O–H groups in total. The molecule has 2 rings (SSSR count). The van der Waals surface area contributed by atoms with Gasteiger partial charge in [-0.25, -0.2) is 0 Å². The third-order valence-electron chi connectivity index (χ3n) is 3.05. The van der Waals surface area contributed by atoms with Gasteiger partial charge in [0.05, 0.1) is 12.2 Å². The molecule has 0 saturated heterocycles. The van der Waals surface area contributed by atoms with Gasteiger partial charge in [0.1, 0.15) is 0 Å². The zero-order valence-electron chi connectivity index (χ0n) is 10.9. The van der Waals surface area contributed by atoms with Crippen molar-refractivity contribution in [1.82, 2.24) is 4.90 Å². The van der Waals surface area contributed by atoms with Crippen molar-refractivity contribution >= 4 is 35.2 Å². The Bertz CT molecular complexity index is 488. The van der Waals surface area contributed by atoms with Crippen LogP contribution in [-0.2, 0) is 9.59 Å². The molecule has 0 unspecified atom stereocenters. The highest BCUT2D eigenvalue weighted by molar-refractivity contribution is 8.00. The van der Waals surface area contributed by atoms with Crippen LogP contribution in [0.2, 0.25) is 5.02 Å². The van der Waals surface area contributed by atoms with E-state index in [4.69, 9.17) is 16.7 Å². The highest BCUT2D eigenvalue weighted by Gasteiger charge is 2.32. The maximum atomic E-state index is 12.2. The van der Waals surface area contributed by atoms with E-state index in [-0.39, 0.29) is 18.4 Å². The number of aliphatic carboxylic acids is 1. The van der Waals surface area contributed by atoms with Crippen LogP contribution in [0.1, 0.15) is 19.3 Å². The lowest BCUT2D eigenvalue weighted by atomic mass is 10.3. The summed E-state index contributed by atoms with van der Waals surface area (Å²) in [6, 6.07) is 7.57. The molecule has 0 atom stereocenters. The molecule has 1 aliphatic rings. The fourth-order valence-corrected chi connectivity index (χ4v) is 2.78. The number of hydrogen-bond donors (Lipinski definition) is 1. The first-order chi connectivity index (χ1) is 9.56. The zero-order chi connectivity index (χ0) is 14.5. The van der Waals surface area contributed by atoms with Crippen molar-refractivity contribution in [3.63, 3.8) is 0 Å². The molecule has 4 nitrogen and oxygen atoms in total. The van der Waals surface area contributed by atoms with Crippen LogP contribution in [0, 0.1) is 0 Å². The van der Waals surface area contributed by atoms with Crippen molar-refractivity contribution in [2.45, 2.75) is 30.2 Å². The van der Waals surface area contributed by atoms with Crippen molar-refractivity contribution in [2.24, 2.45) is 0 Å². The van der Waals surface area contributed by atoms with Crippen LogP contribution in [0.3, 0.4) is 0 Å². The van der Waals surface area contributed by atoms with Crippen LogP contribution in [-0.4, -0.2) is 40.2 Å². The number of carboxylic acid groups (broad SMARTS) is 1. The number of carboxylic acids is 1. The van der Waals surface area contributed by atoms with Gasteiger partial charge in [-0.15, -0.1) is 11.8 Å². The molecule has 1 saturated carbocycles. The summed E-state index contributed by atoms with van der Waals surface area (Å²) in [7, 11) is 0. The average molecular weight is 314 g/mol. The molecule has 0 heterocycles. The minimum absolute atomic E-state index is 0.00779. The van der Waals surface area contributed by atoms with E-state index in [1.165, 1.54) is 11.8 Å². The summed E-state index contributed by atoms with van der Waals surface area (Å²) in [4.78, 5) is 25.5. The molecule has 6 heteroatoms.